The average molecular weight is 270 g/mol. The van der Waals surface area contributed by atoms with Crippen molar-refractivity contribution in [3.05, 3.63) is 0 Å². The second kappa shape index (κ2) is 7.22. The lowest BCUT2D eigenvalue weighted by atomic mass is 9.97. The lowest BCUT2D eigenvalue weighted by Gasteiger charge is -2.36. The molecule has 2 N–H and O–H groups in total. The summed E-state index contributed by atoms with van der Waals surface area (Å²) in [4.78, 5) is 14.4. The smallest absolute Gasteiger partial charge is 0.239 e. The Morgan fingerprint density at radius 3 is 2.68 bits per heavy atom. The fourth-order valence-corrected chi connectivity index (χ4v) is 3.02. The first-order valence-electron chi connectivity index (χ1n) is 7.48. The molecule has 0 aromatic carbocycles. The molecule has 2 atom stereocenters. The Morgan fingerprint density at radius 2 is 2.05 bits per heavy atom. The maximum absolute atomic E-state index is 12.4. The Labute approximate surface area is 115 Å². The summed E-state index contributed by atoms with van der Waals surface area (Å²) in [5.41, 5.74) is 0. The van der Waals surface area contributed by atoms with Gasteiger partial charge in [0.25, 0.3) is 0 Å². The van der Waals surface area contributed by atoms with E-state index in [1.54, 1.807) is 0 Å². The number of carbonyl (C=O) groups excluding carboxylic acids is 1. The van der Waals surface area contributed by atoms with E-state index in [9.17, 15) is 4.79 Å². The van der Waals surface area contributed by atoms with Gasteiger partial charge in [0.05, 0.1) is 25.4 Å². The molecule has 5 heteroatoms. The lowest BCUT2D eigenvalue weighted by Crippen LogP contribution is -2.53. The Hall–Kier alpha value is -0.650. The van der Waals surface area contributed by atoms with Gasteiger partial charge in [0.1, 0.15) is 0 Å². The summed E-state index contributed by atoms with van der Waals surface area (Å²) in [6.45, 7) is 4.18. The van der Waals surface area contributed by atoms with Crippen molar-refractivity contribution in [3.8, 4) is 0 Å². The minimum atomic E-state index is 0.0126. The highest BCUT2D eigenvalue weighted by atomic mass is 16.5. The molecule has 2 aliphatic heterocycles. The van der Waals surface area contributed by atoms with E-state index in [0.717, 1.165) is 38.8 Å². The topological polar surface area (TPSA) is 61.8 Å². The summed E-state index contributed by atoms with van der Waals surface area (Å²) in [7, 11) is 0. The number of carbonyl (C=O) groups is 1. The Kier molecular flexibility index (Phi) is 5.60. The number of hydrogen-bond acceptors (Lipinski definition) is 4. The van der Waals surface area contributed by atoms with Crippen molar-refractivity contribution in [1.29, 1.82) is 0 Å². The van der Waals surface area contributed by atoms with Crippen LogP contribution in [0.5, 0.6) is 0 Å². The highest BCUT2D eigenvalue weighted by molar-refractivity contribution is 5.82. The minimum Gasteiger partial charge on any atom is -0.394 e. The SMILES string of the molecule is CC1CCCC(C(=O)N2CCC(OCCO)CC2)N1. The molecule has 0 saturated carbocycles. The third-order valence-electron chi connectivity index (χ3n) is 4.11. The molecule has 0 bridgehead atoms. The zero-order valence-corrected chi connectivity index (χ0v) is 11.8. The number of hydrogen-bond donors (Lipinski definition) is 2. The van der Waals surface area contributed by atoms with Crippen LogP contribution in [0.15, 0.2) is 0 Å². The number of likely N-dealkylation sites (tertiary alicyclic amines) is 1. The standard InChI is InChI=1S/C14H26N2O3/c1-11-3-2-4-13(15-11)14(18)16-7-5-12(6-8-16)19-10-9-17/h11-13,15,17H,2-10H2,1H3. The highest BCUT2D eigenvalue weighted by Gasteiger charge is 2.30. The number of aliphatic hydroxyl groups is 1. The quantitative estimate of drug-likeness (QED) is 0.782. The molecule has 2 fully saturated rings. The van der Waals surface area contributed by atoms with Gasteiger partial charge in [-0.15, -0.1) is 0 Å². The van der Waals surface area contributed by atoms with E-state index in [2.05, 4.69) is 12.2 Å². The largest absolute Gasteiger partial charge is 0.394 e. The zero-order valence-electron chi connectivity index (χ0n) is 11.8. The normalized spacial score (nSPS) is 29.5. The van der Waals surface area contributed by atoms with Gasteiger partial charge in [0.2, 0.25) is 5.91 Å². The van der Waals surface area contributed by atoms with Crippen molar-refractivity contribution in [3.63, 3.8) is 0 Å². The molecule has 1 amide bonds. The minimum absolute atomic E-state index is 0.0126. The van der Waals surface area contributed by atoms with Crippen LogP contribution in [-0.4, -0.2) is 60.4 Å². The van der Waals surface area contributed by atoms with Gasteiger partial charge in [-0.2, -0.15) is 0 Å². The third-order valence-corrected chi connectivity index (χ3v) is 4.11. The van der Waals surface area contributed by atoms with Gasteiger partial charge < -0.3 is 20.1 Å². The third kappa shape index (κ3) is 4.16. The van der Waals surface area contributed by atoms with Gasteiger partial charge >= 0.3 is 0 Å². The van der Waals surface area contributed by atoms with Crippen molar-refractivity contribution in [2.24, 2.45) is 0 Å². The van der Waals surface area contributed by atoms with E-state index in [1.165, 1.54) is 6.42 Å². The number of piperidine rings is 2. The van der Waals surface area contributed by atoms with Crippen molar-refractivity contribution < 1.29 is 14.6 Å². The summed E-state index contributed by atoms with van der Waals surface area (Å²) < 4.78 is 5.52. The van der Waals surface area contributed by atoms with Gasteiger partial charge in [0.15, 0.2) is 0 Å². The fraction of sp³-hybridized carbons (Fsp3) is 0.929. The summed E-state index contributed by atoms with van der Waals surface area (Å²) in [5.74, 6) is 0.257. The number of nitrogens with zero attached hydrogens (tertiary/aromatic N) is 1. The van der Waals surface area contributed by atoms with Crippen LogP contribution in [0.4, 0.5) is 0 Å². The monoisotopic (exact) mass is 270 g/mol. The molecule has 0 aromatic rings. The van der Waals surface area contributed by atoms with Crippen LogP contribution in [-0.2, 0) is 9.53 Å². The van der Waals surface area contributed by atoms with E-state index < -0.39 is 0 Å². The Balaban J connectivity index is 1.75. The zero-order chi connectivity index (χ0) is 13.7. The summed E-state index contributed by atoms with van der Waals surface area (Å²) >= 11 is 0. The van der Waals surface area contributed by atoms with Crippen molar-refractivity contribution in [2.75, 3.05) is 26.3 Å². The molecule has 19 heavy (non-hydrogen) atoms. The molecule has 0 aromatic heterocycles. The number of ether oxygens (including phenoxy) is 1. The molecular weight excluding hydrogens is 244 g/mol. The molecule has 0 radical (unpaired) electrons. The second-order valence-electron chi connectivity index (χ2n) is 5.67. The molecule has 0 aliphatic carbocycles. The van der Waals surface area contributed by atoms with Crippen LogP contribution in [0.2, 0.25) is 0 Å². The maximum atomic E-state index is 12.4. The molecule has 2 unspecified atom stereocenters. The van der Waals surface area contributed by atoms with E-state index >= 15 is 0 Å². The second-order valence-corrected chi connectivity index (χ2v) is 5.67. The number of aliphatic hydroxyl groups excluding tert-OH is 1. The first-order valence-corrected chi connectivity index (χ1v) is 7.48. The van der Waals surface area contributed by atoms with Gasteiger partial charge in [-0.25, -0.2) is 0 Å². The average Bonchev–Trinajstić information content (AvgIpc) is 2.45. The van der Waals surface area contributed by atoms with Gasteiger partial charge in [-0.05, 0) is 39.0 Å². The van der Waals surface area contributed by atoms with Gasteiger partial charge in [0, 0.05) is 19.1 Å². The fourth-order valence-electron chi connectivity index (χ4n) is 3.02. The predicted octanol–water partition coefficient (Wildman–Crippen LogP) is 0.517. The molecule has 2 heterocycles. The molecular formula is C14H26N2O3. The van der Waals surface area contributed by atoms with Crippen LogP contribution >= 0.6 is 0 Å². The highest BCUT2D eigenvalue weighted by Crippen LogP contribution is 2.18. The van der Waals surface area contributed by atoms with E-state index in [-0.39, 0.29) is 24.7 Å². The molecule has 2 saturated heterocycles. The Bertz CT molecular complexity index is 290. The molecule has 2 rings (SSSR count). The molecule has 5 nitrogen and oxygen atoms in total. The van der Waals surface area contributed by atoms with Crippen LogP contribution in [0, 0.1) is 0 Å². The van der Waals surface area contributed by atoms with Crippen molar-refractivity contribution in [2.45, 2.75) is 57.2 Å². The summed E-state index contributed by atoms with van der Waals surface area (Å²) in [6.07, 6.45) is 5.24. The van der Waals surface area contributed by atoms with Crippen LogP contribution in [0.1, 0.15) is 39.0 Å². The molecule has 110 valence electrons. The van der Waals surface area contributed by atoms with Gasteiger partial charge in [-0.1, -0.05) is 0 Å². The number of nitrogens with one attached hydrogen (secondary N) is 1. The van der Waals surface area contributed by atoms with E-state index in [4.69, 9.17) is 9.84 Å². The van der Waals surface area contributed by atoms with Gasteiger partial charge in [-0.3, -0.25) is 4.79 Å². The summed E-state index contributed by atoms with van der Waals surface area (Å²) in [5, 5.41) is 12.1. The van der Waals surface area contributed by atoms with Crippen LogP contribution in [0.25, 0.3) is 0 Å². The maximum Gasteiger partial charge on any atom is 0.239 e. The number of amides is 1. The summed E-state index contributed by atoms with van der Waals surface area (Å²) in [6, 6.07) is 0.465. The first-order chi connectivity index (χ1) is 9.20. The Morgan fingerprint density at radius 1 is 1.32 bits per heavy atom. The molecule has 0 spiro atoms. The van der Waals surface area contributed by atoms with Crippen LogP contribution < -0.4 is 5.32 Å². The predicted molar refractivity (Wildman–Crippen MR) is 72.9 cm³/mol. The number of rotatable bonds is 4. The lowest BCUT2D eigenvalue weighted by molar-refractivity contribution is -0.137. The molecule has 2 aliphatic rings. The first kappa shape index (κ1) is 14.8. The van der Waals surface area contributed by atoms with Crippen molar-refractivity contribution in [1.82, 2.24) is 10.2 Å². The van der Waals surface area contributed by atoms with E-state index in [1.807, 2.05) is 4.90 Å². The van der Waals surface area contributed by atoms with E-state index in [0.29, 0.717) is 12.6 Å². The van der Waals surface area contributed by atoms with Crippen molar-refractivity contribution >= 4 is 5.91 Å². The van der Waals surface area contributed by atoms with Crippen LogP contribution in [0.3, 0.4) is 0 Å².